The first-order chi connectivity index (χ1) is 8.79. The van der Waals surface area contributed by atoms with Crippen LogP contribution >= 0.6 is 0 Å². The average molecular weight is 242 g/mol. The summed E-state index contributed by atoms with van der Waals surface area (Å²) >= 11 is 0. The van der Waals surface area contributed by atoms with Crippen LogP contribution in [0.15, 0.2) is 54.6 Å². The molecule has 0 spiro atoms. The highest BCUT2D eigenvalue weighted by Gasteiger charge is 2.49. The molecule has 3 rings (SSSR count). The molecule has 0 radical (unpaired) electrons. The van der Waals surface area contributed by atoms with Gasteiger partial charge in [0.15, 0.2) is 0 Å². The second-order valence-corrected chi connectivity index (χ2v) is 4.63. The Morgan fingerprint density at radius 2 is 1.72 bits per heavy atom. The van der Waals surface area contributed by atoms with Gasteiger partial charge in [-0.25, -0.2) is 4.39 Å². The Hall–Kier alpha value is -1.67. The lowest BCUT2D eigenvalue weighted by atomic mass is 9.86. The number of hydrogen-bond donors (Lipinski definition) is 0. The van der Waals surface area contributed by atoms with E-state index in [0.717, 1.165) is 16.7 Å². The lowest BCUT2D eigenvalue weighted by Gasteiger charge is -2.31. The van der Waals surface area contributed by atoms with Crippen LogP contribution in [0.5, 0.6) is 0 Å². The number of rotatable bonds is 2. The summed E-state index contributed by atoms with van der Waals surface area (Å²) in [6.45, 7) is 0. The normalized spacial score (nSPS) is 26.0. The van der Waals surface area contributed by atoms with Crippen molar-refractivity contribution in [1.82, 2.24) is 0 Å². The Morgan fingerprint density at radius 1 is 1.06 bits per heavy atom. The molecule has 1 aliphatic carbocycles. The minimum Gasteiger partial charge on any atom is -0.366 e. The molecule has 0 unspecified atom stereocenters. The molecule has 1 nitrogen and oxygen atoms in total. The van der Waals surface area contributed by atoms with E-state index in [1.165, 1.54) is 0 Å². The highest BCUT2D eigenvalue weighted by atomic mass is 19.1. The van der Waals surface area contributed by atoms with Crippen molar-refractivity contribution in [2.24, 2.45) is 0 Å². The molecule has 0 bridgehead atoms. The van der Waals surface area contributed by atoms with Gasteiger partial charge in [-0.3, -0.25) is 0 Å². The number of ether oxygens (including phenoxy) is 1. The van der Waals surface area contributed by atoms with Gasteiger partial charge < -0.3 is 4.74 Å². The molecule has 0 N–H and O–H groups in total. The summed E-state index contributed by atoms with van der Waals surface area (Å²) in [4.78, 5) is 0. The standard InChI is InChI=1S/C16H15FO/c1-18-16(13-8-3-2-4-9-13)14-10-6-5-7-12(14)11-15(16)17/h2-10,15H,11H2,1H3/t15-,16-/m1/s1. The fraction of sp³-hybridized carbons (Fsp3) is 0.250. The first-order valence-corrected chi connectivity index (χ1v) is 6.12. The van der Waals surface area contributed by atoms with Crippen LogP contribution < -0.4 is 0 Å². The van der Waals surface area contributed by atoms with Crippen LogP contribution in [0.4, 0.5) is 4.39 Å². The van der Waals surface area contributed by atoms with Crippen molar-refractivity contribution in [3.8, 4) is 0 Å². The van der Waals surface area contributed by atoms with E-state index < -0.39 is 11.8 Å². The van der Waals surface area contributed by atoms with Crippen LogP contribution in [0.2, 0.25) is 0 Å². The van der Waals surface area contributed by atoms with E-state index in [4.69, 9.17) is 4.74 Å². The smallest absolute Gasteiger partial charge is 0.149 e. The van der Waals surface area contributed by atoms with Crippen molar-refractivity contribution in [1.29, 1.82) is 0 Å². The summed E-state index contributed by atoms with van der Waals surface area (Å²) in [6, 6.07) is 17.5. The molecule has 2 aromatic rings. The van der Waals surface area contributed by atoms with E-state index >= 15 is 0 Å². The zero-order valence-corrected chi connectivity index (χ0v) is 10.3. The van der Waals surface area contributed by atoms with Crippen LogP contribution in [0.25, 0.3) is 0 Å². The van der Waals surface area contributed by atoms with Crippen molar-refractivity contribution >= 4 is 0 Å². The van der Waals surface area contributed by atoms with E-state index in [2.05, 4.69) is 0 Å². The second kappa shape index (κ2) is 4.21. The Morgan fingerprint density at radius 3 is 2.44 bits per heavy atom. The number of alkyl halides is 1. The molecule has 0 saturated heterocycles. The maximum atomic E-state index is 14.6. The first kappa shape index (κ1) is 11.4. The fourth-order valence-electron chi connectivity index (χ4n) is 2.94. The monoisotopic (exact) mass is 242 g/mol. The van der Waals surface area contributed by atoms with Gasteiger partial charge in [-0.1, -0.05) is 54.6 Å². The summed E-state index contributed by atoms with van der Waals surface area (Å²) < 4.78 is 20.2. The maximum Gasteiger partial charge on any atom is 0.149 e. The third kappa shape index (κ3) is 1.42. The van der Waals surface area contributed by atoms with Gasteiger partial charge in [0.05, 0.1) is 0 Å². The van der Waals surface area contributed by atoms with Gasteiger partial charge in [-0.15, -0.1) is 0 Å². The van der Waals surface area contributed by atoms with E-state index in [1.807, 2.05) is 54.6 Å². The topological polar surface area (TPSA) is 9.23 Å². The molecule has 18 heavy (non-hydrogen) atoms. The minimum atomic E-state index is -1.04. The number of halogens is 1. The summed E-state index contributed by atoms with van der Waals surface area (Å²) in [5, 5.41) is 0. The fourth-order valence-corrected chi connectivity index (χ4v) is 2.94. The van der Waals surface area contributed by atoms with Crippen LogP contribution in [0.3, 0.4) is 0 Å². The summed E-state index contributed by atoms with van der Waals surface area (Å²) in [5.41, 5.74) is 1.92. The van der Waals surface area contributed by atoms with Crippen molar-refractivity contribution in [2.75, 3.05) is 7.11 Å². The zero-order chi connectivity index (χ0) is 12.6. The molecule has 2 atom stereocenters. The lowest BCUT2D eigenvalue weighted by molar-refractivity contribution is -0.0321. The molecule has 92 valence electrons. The highest BCUT2D eigenvalue weighted by Crippen LogP contribution is 2.46. The van der Waals surface area contributed by atoms with E-state index in [1.54, 1.807) is 7.11 Å². The summed E-state index contributed by atoms with van der Waals surface area (Å²) in [5.74, 6) is 0. The number of fused-ring (bicyclic) bond motifs is 1. The quantitative estimate of drug-likeness (QED) is 0.783. The molecule has 0 saturated carbocycles. The van der Waals surface area contributed by atoms with E-state index in [-0.39, 0.29) is 0 Å². The van der Waals surface area contributed by atoms with Crippen LogP contribution in [-0.4, -0.2) is 13.3 Å². The first-order valence-electron chi connectivity index (χ1n) is 6.12. The highest BCUT2D eigenvalue weighted by molar-refractivity contribution is 5.47. The van der Waals surface area contributed by atoms with Gasteiger partial charge in [0.1, 0.15) is 11.8 Å². The van der Waals surface area contributed by atoms with Gasteiger partial charge in [-0.2, -0.15) is 0 Å². The molecule has 0 aromatic heterocycles. The Kier molecular flexibility index (Phi) is 2.67. The van der Waals surface area contributed by atoms with Gasteiger partial charge in [0, 0.05) is 13.5 Å². The van der Waals surface area contributed by atoms with Crippen molar-refractivity contribution in [2.45, 2.75) is 18.2 Å². The predicted octanol–water partition coefficient (Wildman–Crippen LogP) is 3.47. The molecular weight excluding hydrogens is 227 g/mol. The minimum absolute atomic E-state index is 0.416. The van der Waals surface area contributed by atoms with E-state index in [0.29, 0.717) is 6.42 Å². The van der Waals surface area contributed by atoms with Gasteiger partial charge in [0.25, 0.3) is 0 Å². The third-order valence-corrected chi connectivity index (χ3v) is 3.78. The van der Waals surface area contributed by atoms with Crippen LogP contribution in [0, 0.1) is 0 Å². The van der Waals surface area contributed by atoms with Gasteiger partial charge in [-0.05, 0) is 16.7 Å². The van der Waals surface area contributed by atoms with Crippen molar-refractivity contribution in [3.05, 3.63) is 71.3 Å². The summed E-state index contributed by atoms with van der Waals surface area (Å²) in [7, 11) is 1.58. The molecular formula is C16H15FO. The molecule has 2 aromatic carbocycles. The zero-order valence-electron chi connectivity index (χ0n) is 10.3. The van der Waals surface area contributed by atoms with Gasteiger partial charge >= 0.3 is 0 Å². The van der Waals surface area contributed by atoms with Crippen molar-refractivity contribution in [3.63, 3.8) is 0 Å². The predicted molar refractivity (Wildman–Crippen MR) is 69.3 cm³/mol. The van der Waals surface area contributed by atoms with Crippen molar-refractivity contribution < 1.29 is 9.13 Å². The lowest BCUT2D eigenvalue weighted by Crippen LogP contribution is -2.36. The largest absolute Gasteiger partial charge is 0.366 e. The number of methoxy groups -OCH3 is 1. The molecule has 2 heteroatoms. The average Bonchev–Trinajstić information content (AvgIpc) is 2.72. The van der Waals surface area contributed by atoms with Gasteiger partial charge in [0.2, 0.25) is 0 Å². The third-order valence-electron chi connectivity index (χ3n) is 3.78. The second-order valence-electron chi connectivity index (χ2n) is 4.63. The number of benzene rings is 2. The molecule has 0 fully saturated rings. The Balaban J connectivity index is 2.23. The summed E-state index contributed by atoms with van der Waals surface area (Å²) in [6.07, 6.45) is -0.624. The SMILES string of the molecule is CO[C@]1(c2ccccc2)c2ccccc2C[C@H]1F. The molecule has 0 aliphatic heterocycles. The Bertz CT molecular complexity index is 552. The molecule has 0 heterocycles. The van der Waals surface area contributed by atoms with Crippen LogP contribution in [-0.2, 0) is 16.8 Å². The Labute approximate surface area is 106 Å². The molecule has 0 amide bonds. The number of hydrogen-bond acceptors (Lipinski definition) is 1. The van der Waals surface area contributed by atoms with Crippen LogP contribution in [0.1, 0.15) is 16.7 Å². The van der Waals surface area contributed by atoms with E-state index in [9.17, 15) is 4.39 Å². The molecule has 1 aliphatic rings. The maximum absolute atomic E-state index is 14.6.